The van der Waals surface area contributed by atoms with Gasteiger partial charge in [0.25, 0.3) is 0 Å². The third kappa shape index (κ3) is 3.72. The summed E-state index contributed by atoms with van der Waals surface area (Å²) in [6.07, 6.45) is 4.06. The van der Waals surface area contributed by atoms with Crippen molar-refractivity contribution in [3.05, 3.63) is 41.8 Å². The van der Waals surface area contributed by atoms with Crippen molar-refractivity contribution in [2.24, 2.45) is 0 Å². The van der Waals surface area contributed by atoms with Crippen LogP contribution in [-0.4, -0.2) is 16.9 Å². The molecule has 0 fully saturated rings. The van der Waals surface area contributed by atoms with Gasteiger partial charge in [-0.25, -0.2) is 0 Å². The molecule has 1 heterocycles. The Kier molecular flexibility index (Phi) is 4.80. The van der Waals surface area contributed by atoms with Crippen LogP contribution < -0.4 is 9.47 Å². The zero-order valence-electron chi connectivity index (χ0n) is 10.8. The highest BCUT2D eigenvalue weighted by Crippen LogP contribution is 2.26. The summed E-state index contributed by atoms with van der Waals surface area (Å²) in [5.41, 5.74) is 1.56. The van der Waals surface area contributed by atoms with Crippen molar-refractivity contribution in [2.45, 2.75) is 26.6 Å². The van der Waals surface area contributed by atoms with Gasteiger partial charge in [0.1, 0.15) is 24.4 Å². The van der Waals surface area contributed by atoms with Crippen LogP contribution in [0.2, 0.25) is 0 Å². The first kappa shape index (κ1) is 13.4. The van der Waals surface area contributed by atoms with E-state index < -0.39 is 0 Å². The molecule has 0 saturated heterocycles. The predicted octanol–water partition coefficient (Wildman–Crippen LogP) is 2.53. The van der Waals surface area contributed by atoms with Crippen molar-refractivity contribution in [1.29, 1.82) is 0 Å². The molecule has 0 aliphatic heterocycles. The molecule has 5 nitrogen and oxygen atoms in total. The molecule has 1 aromatic heterocycles. The van der Waals surface area contributed by atoms with E-state index in [4.69, 9.17) is 14.0 Å². The summed E-state index contributed by atoms with van der Waals surface area (Å²) in [5, 5.41) is 12.9. The zero-order valence-corrected chi connectivity index (χ0v) is 10.8. The minimum atomic E-state index is -0.0764. The molecule has 2 aromatic rings. The molecule has 0 atom stereocenters. The lowest BCUT2D eigenvalue weighted by Gasteiger charge is -2.12. The molecule has 0 unspecified atom stereocenters. The second-order valence-corrected chi connectivity index (χ2v) is 4.10. The van der Waals surface area contributed by atoms with Crippen molar-refractivity contribution < 1.29 is 19.1 Å². The Morgan fingerprint density at radius 3 is 2.89 bits per heavy atom. The summed E-state index contributed by atoms with van der Waals surface area (Å²) in [7, 11) is 0. The molecule has 102 valence electrons. The Hall–Kier alpha value is -2.01. The highest BCUT2D eigenvalue weighted by Gasteiger charge is 2.06. The fraction of sp³-hybridized carbons (Fsp3) is 0.357. The Morgan fingerprint density at radius 1 is 1.32 bits per heavy atom. The number of aromatic nitrogens is 1. The highest BCUT2D eigenvalue weighted by atomic mass is 16.5. The van der Waals surface area contributed by atoms with Crippen LogP contribution in [0.3, 0.4) is 0 Å². The maximum atomic E-state index is 9.29. The smallest absolute Gasteiger partial charge is 0.130 e. The molecule has 0 spiro atoms. The lowest BCUT2D eigenvalue weighted by atomic mass is 10.2. The van der Waals surface area contributed by atoms with Crippen molar-refractivity contribution in [3.8, 4) is 11.5 Å². The van der Waals surface area contributed by atoms with E-state index in [2.05, 4.69) is 5.16 Å². The average Bonchev–Trinajstić information content (AvgIpc) is 2.96. The van der Waals surface area contributed by atoms with Gasteiger partial charge >= 0.3 is 0 Å². The van der Waals surface area contributed by atoms with Crippen LogP contribution in [0.1, 0.15) is 24.5 Å². The van der Waals surface area contributed by atoms with Gasteiger partial charge in [0.2, 0.25) is 0 Å². The zero-order chi connectivity index (χ0) is 13.5. The van der Waals surface area contributed by atoms with E-state index in [-0.39, 0.29) is 6.61 Å². The van der Waals surface area contributed by atoms with Gasteiger partial charge in [0, 0.05) is 17.2 Å². The topological polar surface area (TPSA) is 64.7 Å². The van der Waals surface area contributed by atoms with E-state index in [0.29, 0.717) is 19.0 Å². The number of nitrogens with zero attached hydrogens (tertiary/aromatic N) is 1. The predicted molar refractivity (Wildman–Crippen MR) is 69.0 cm³/mol. The maximum absolute atomic E-state index is 9.29. The number of rotatable bonds is 7. The molecule has 1 aromatic carbocycles. The lowest BCUT2D eigenvalue weighted by molar-refractivity contribution is 0.256. The van der Waals surface area contributed by atoms with Crippen LogP contribution >= 0.6 is 0 Å². The third-order valence-electron chi connectivity index (χ3n) is 2.56. The number of aliphatic hydroxyl groups is 1. The molecule has 0 amide bonds. The summed E-state index contributed by atoms with van der Waals surface area (Å²) < 4.78 is 15.9. The molecule has 0 radical (unpaired) electrons. The van der Waals surface area contributed by atoms with Crippen LogP contribution in [0.15, 0.2) is 35.2 Å². The monoisotopic (exact) mass is 263 g/mol. The summed E-state index contributed by atoms with van der Waals surface area (Å²) in [6, 6.07) is 5.41. The van der Waals surface area contributed by atoms with Crippen LogP contribution in [-0.2, 0) is 13.2 Å². The fourth-order valence-corrected chi connectivity index (χ4v) is 1.57. The molecule has 2 rings (SSSR count). The lowest BCUT2D eigenvalue weighted by Crippen LogP contribution is -2.00. The van der Waals surface area contributed by atoms with Gasteiger partial charge in [-0.05, 0) is 18.6 Å². The van der Waals surface area contributed by atoms with E-state index >= 15 is 0 Å². The minimum Gasteiger partial charge on any atom is -0.493 e. The molecule has 1 N–H and O–H groups in total. The van der Waals surface area contributed by atoms with Gasteiger partial charge in [-0.3, -0.25) is 0 Å². The fourth-order valence-electron chi connectivity index (χ4n) is 1.57. The number of aliphatic hydroxyl groups excluding tert-OH is 1. The van der Waals surface area contributed by atoms with Crippen molar-refractivity contribution in [1.82, 2.24) is 5.16 Å². The number of hydrogen-bond donors (Lipinski definition) is 1. The maximum Gasteiger partial charge on any atom is 0.130 e. The average molecular weight is 263 g/mol. The van der Waals surface area contributed by atoms with Crippen LogP contribution in [0.25, 0.3) is 0 Å². The van der Waals surface area contributed by atoms with E-state index in [9.17, 15) is 5.11 Å². The molecule has 0 aliphatic carbocycles. The van der Waals surface area contributed by atoms with Gasteiger partial charge < -0.3 is 19.1 Å². The van der Waals surface area contributed by atoms with Gasteiger partial charge in [-0.15, -0.1) is 0 Å². The first-order valence-electron chi connectivity index (χ1n) is 6.21. The number of benzene rings is 1. The number of hydrogen-bond acceptors (Lipinski definition) is 5. The van der Waals surface area contributed by atoms with E-state index in [1.807, 2.05) is 13.0 Å². The van der Waals surface area contributed by atoms with Gasteiger partial charge in [-0.1, -0.05) is 12.1 Å². The molecule has 0 aliphatic rings. The normalized spacial score (nSPS) is 10.4. The van der Waals surface area contributed by atoms with E-state index in [0.717, 1.165) is 23.3 Å². The van der Waals surface area contributed by atoms with Crippen molar-refractivity contribution in [2.75, 3.05) is 6.61 Å². The molecule has 19 heavy (non-hydrogen) atoms. The molecule has 0 saturated carbocycles. The molecule has 0 bridgehead atoms. The van der Waals surface area contributed by atoms with Crippen LogP contribution in [0.4, 0.5) is 0 Å². The second kappa shape index (κ2) is 6.80. The Bertz CT molecular complexity index is 496. The summed E-state index contributed by atoms with van der Waals surface area (Å²) >= 11 is 0. The minimum absolute atomic E-state index is 0.0764. The quantitative estimate of drug-likeness (QED) is 0.831. The van der Waals surface area contributed by atoms with E-state index in [1.54, 1.807) is 18.3 Å². The van der Waals surface area contributed by atoms with Crippen LogP contribution in [0, 0.1) is 0 Å². The van der Waals surface area contributed by atoms with Crippen LogP contribution in [0.5, 0.6) is 11.5 Å². The Labute approximate surface area is 111 Å². The molecule has 5 heteroatoms. The standard InChI is InChI=1S/C14H17NO4/c1-2-5-17-13-4-3-12(8-16)14(6-13)18-9-11-7-15-19-10-11/h3-4,6-7,10,16H,2,5,8-9H2,1H3. The summed E-state index contributed by atoms with van der Waals surface area (Å²) in [4.78, 5) is 0. The van der Waals surface area contributed by atoms with Crippen molar-refractivity contribution in [3.63, 3.8) is 0 Å². The highest BCUT2D eigenvalue weighted by molar-refractivity contribution is 5.40. The van der Waals surface area contributed by atoms with Gasteiger partial charge in [0.05, 0.1) is 19.4 Å². The molecular weight excluding hydrogens is 246 g/mol. The second-order valence-electron chi connectivity index (χ2n) is 4.10. The Morgan fingerprint density at radius 2 is 2.21 bits per heavy atom. The largest absolute Gasteiger partial charge is 0.493 e. The summed E-state index contributed by atoms with van der Waals surface area (Å²) in [6.45, 7) is 2.97. The Balaban J connectivity index is 2.07. The third-order valence-corrected chi connectivity index (χ3v) is 2.56. The van der Waals surface area contributed by atoms with E-state index in [1.165, 1.54) is 6.26 Å². The van der Waals surface area contributed by atoms with Gasteiger partial charge in [-0.2, -0.15) is 0 Å². The van der Waals surface area contributed by atoms with Gasteiger partial charge in [0.15, 0.2) is 0 Å². The SMILES string of the molecule is CCCOc1ccc(CO)c(OCc2cnoc2)c1. The first-order valence-corrected chi connectivity index (χ1v) is 6.21. The summed E-state index contributed by atoms with van der Waals surface area (Å²) in [5.74, 6) is 1.34. The molecular formula is C14H17NO4. The first-order chi connectivity index (χ1) is 9.33. The number of ether oxygens (including phenoxy) is 2. The van der Waals surface area contributed by atoms with Crippen molar-refractivity contribution >= 4 is 0 Å².